The predicted molar refractivity (Wildman–Crippen MR) is 83.9 cm³/mol. The molecule has 1 amide bonds. The Morgan fingerprint density at radius 3 is 2.38 bits per heavy atom. The van der Waals surface area contributed by atoms with Gasteiger partial charge in [-0.15, -0.1) is 4.83 Å². The van der Waals surface area contributed by atoms with Gasteiger partial charge in [-0.1, -0.05) is 37.0 Å². The zero-order valence-corrected chi connectivity index (χ0v) is 14.6. The Morgan fingerprint density at radius 1 is 1.29 bits per heavy atom. The molecule has 1 aromatic carbocycles. The molecule has 5 nitrogen and oxygen atoms in total. The summed E-state index contributed by atoms with van der Waals surface area (Å²) in [4.78, 5) is 13.5. The maximum Gasteiger partial charge on any atom is 0.259 e. The summed E-state index contributed by atoms with van der Waals surface area (Å²) >= 11 is 12.1. The van der Waals surface area contributed by atoms with Crippen molar-refractivity contribution in [1.82, 2.24) is 10.3 Å². The van der Waals surface area contributed by atoms with Crippen LogP contribution in [0.5, 0.6) is 0 Å². The molecule has 0 atom stereocenters. The smallest absolute Gasteiger partial charge is 0.259 e. The third kappa shape index (κ3) is 4.57. The van der Waals surface area contributed by atoms with Gasteiger partial charge in [-0.3, -0.25) is 10.2 Å². The number of nitrogens with one attached hydrogen (secondary N) is 2. The zero-order valence-electron chi connectivity index (χ0n) is 12.3. The van der Waals surface area contributed by atoms with Crippen molar-refractivity contribution in [3.63, 3.8) is 0 Å². The fourth-order valence-electron chi connectivity index (χ4n) is 1.73. The van der Waals surface area contributed by atoms with E-state index in [1.54, 1.807) is 19.9 Å². The normalized spacial score (nSPS) is 11.8. The summed E-state index contributed by atoms with van der Waals surface area (Å²) in [6.07, 6.45) is 0.212. The van der Waals surface area contributed by atoms with E-state index in [1.807, 2.05) is 18.7 Å². The minimum Gasteiger partial charge on any atom is -0.278 e. The third-order valence-electron chi connectivity index (χ3n) is 2.77. The zero-order chi connectivity index (χ0) is 16.4. The first-order valence-electron chi connectivity index (χ1n) is 6.32. The first kappa shape index (κ1) is 18.2. The Bertz CT molecular complexity index is 632. The number of sulfonamides is 1. The van der Waals surface area contributed by atoms with E-state index >= 15 is 0 Å². The van der Waals surface area contributed by atoms with Gasteiger partial charge in [-0.05, 0) is 37.0 Å². The summed E-state index contributed by atoms with van der Waals surface area (Å²) < 4.78 is 24.6. The number of rotatable bonds is 5. The lowest BCUT2D eigenvalue weighted by Gasteiger charge is -2.15. The Morgan fingerprint density at radius 2 is 1.86 bits per heavy atom. The van der Waals surface area contributed by atoms with Gasteiger partial charge in [0, 0.05) is 11.4 Å². The minimum absolute atomic E-state index is 0.0857. The molecular weight excluding hydrogens is 335 g/mol. The fourth-order valence-corrected chi connectivity index (χ4v) is 3.81. The van der Waals surface area contributed by atoms with Crippen molar-refractivity contribution < 1.29 is 13.2 Å². The monoisotopic (exact) mass is 352 g/mol. The Hall–Kier alpha value is -0.820. The predicted octanol–water partition coefficient (Wildman–Crippen LogP) is 2.97. The van der Waals surface area contributed by atoms with Crippen molar-refractivity contribution in [2.24, 2.45) is 5.92 Å². The van der Waals surface area contributed by atoms with Crippen molar-refractivity contribution in [3.8, 4) is 0 Å². The largest absolute Gasteiger partial charge is 0.278 e. The highest BCUT2D eigenvalue weighted by molar-refractivity contribution is 7.89. The van der Waals surface area contributed by atoms with Gasteiger partial charge in [0.25, 0.3) is 10.0 Å². The standard InChI is InChI=1S/C13H18Cl2N2O3S/c1-7(2)5-11(18)16-17-21(19,20)13-9(4)10(14)6-8(3)12(13)15/h6-7,17H,5H2,1-4H3,(H,16,18). The van der Waals surface area contributed by atoms with Crippen molar-refractivity contribution in [3.05, 3.63) is 27.2 Å². The molecule has 0 saturated heterocycles. The molecule has 0 aliphatic rings. The number of halogens is 2. The van der Waals surface area contributed by atoms with E-state index in [1.165, 1.54) is 0 Å². The van der Waals surface area contributed by atoms with Crippen LogP contribution < -0.4 is 10.3 Å². The number of amides is 1. The molecule has 0 fully saturated rings. The Labute approximate surface area is 135 Å². The van der Waals surface area contributed by atoms with Gasteiger partial charge in [0.15, 0.2) is 0 Å². The number of hydrogen-bond acceptors (Lipinski definition) is 3. The molecule has 0 unspecified atom stereocenters. The van der Waals surface area contributed by atoms with Crippen LogP contribution in [0.1, 0.15) is 31.4 Å². The molecule has 0 heterocycles. The van der Waals surface area contributed by atoms with E-state index in [0.717, 1.165) is 0 Å². The van der Waals surface area contributed by atoms with Crippen LogP contribution in [0.3, 0.4) is 0 Å². The highest BCUT2D eigenvalue weighted by Gasteiger charge is 2.24. The van der Waals surface area contributed by atoms with Crippen LogP contribution in [0.15, 0.2) is 11.0 Å². The summed E-state index contributed by atoms with van der Waals surface area (Å²) in [6.45, 7) is 6.92. The van der Waals surface area contributed by atoms with Gasteiger partial charge in [0.2, 0.25) is 5.91 Å². The van der Waals surface area contributed by atoms with Crippen molar-refractivity contribution in [1.29, 1.82) is 0 Å². The number of hydrazine groups is 1. The van der Waals surface area contributed by atoms with Gasteiger partial charge in [-0.2, -0.15) is 0 Å². The molecule has 118 valence electrons. The molecule has 1 rings (SSSR count). The number of carbonyl (C=O) groups excluding carboxylic acids is 1. The lowest BCUT2D eigenvalue weighted by Crippen LogP contribution is -2.42. The second kappa shape index (κ2) is 6.96. The first-order valence-corrected chi connectivity index (χ1v) is 8.56. The molecule has 0 aliphatic heterocycles. The second-order valence-corrected chi connectivity index (χ2v) is 7.60. The number of benzene rings is 1. The van der Waals surface area contributed by atoms with E-state index < -0.39 is 15.9 Å². The maximum absolute atomic E-state index is 12.3. The molecule has 0 aromatic heterocycles. The van der Waals surface area contributed by atoms with Crippen LogP contribution in [-0.2, 0) is 14.8 Å². The van der Waals surface area contributed by atoms with Crippen molar-refractivity contribution >= 4 is 39.1 Å². The molecule has 0 radical (unpaired) electrons. The molecule has 0 spiro atoms. The highest BCUT2D eigenvalue weighted by atomic mass is 35.5. The van der Waals surface area contributed by atoms with Gasteiger partial charge < -0.3 is 0 Å². The third-order valence-corrected chi connectivity index (χ3v) is 5.19. The molecule has 8 heteroatoms. The van der Waals surface area contributed by atoms with Gasteiger partial charge in [0.1, 0.15) is 4.90 Å². The van der Waals surface area contributed by atoms with Crippen LogP contribution in [0, 0.1) is 19.8 Å². The Balaban J connectivity index is 3.07. The minimum atomic E-state index is -4.00. The van der Waals surface area contributed by atoms with Gasteiger partial charge >= 0.3 is 0 Å². The molecule has 0 bridgehead atoms. The lowest BCUT2D eigenvalue weighted by atomic mass is 10.1. The Kier molecular flexibility index (Phi) is 6.04. The van der Waals surface area contributed by atoms with Crippen molar-refractivity contribution in [2.75, 3.05) is 0 Å². The van der Waals surface area contributed by atoms with E-state index in [0.29, 0.717) is 16.1 Å². The van der Waals surface area contributed by atoms with Crippen LogP contribution in [0.2, 0.25) is 10.0 Å². The van der Waals surface area contributed by atoms with Crippen LogP contribution >= 0.6 is 23.2 Å². The van der Waals surface area contributed by atoms with Gasteiger partial charge in [0.05, 0.1) is 5.02 Å². The number of hydrogen-bond donors (Lipinski definition) is 2. The van der Waals surface area contributed by atoms with E-state index in [-0.39, 0.29) is 22.3 Å². The summed E-state index contributed by atoms with van der Waals surface area (Å²) in [5, 5.41) is 0.383. The molecular formula is C13H18Cl2N2O3S. The van der Waals surface area contributed by atoms with E-state index in [9.17, 15) is 13.2 Å². The molecule has 21 heavy (non-hydrogen) atoms. The second-order valence-electron chi connectivity index (χ2n) is 5.20. The SMILES string of the molecule is Cc1cc(Cl)c(C)c(S(=O)(=O)NNC(=O)CC(C)C)c1Cl. The average Bonchev–Trinajstić information content (AvgIpc) is 2.33. The molecule has 0 saturated carbocycles. The highest BCUT2D eigenvalue weighted by Crippen LogP contribution is 2.33. The summed E-state index contributed by atoms with van der Waals surface area (Å²) in [5.41, 5.74) is 3.04. The number of carbonyl (C=O) groups is 1. The topological polar surface area (TPSA) is 75.3 Å². The molecule has 1 aromatic rings. The van der Waals surface area contributed by atoms with E-state index in [4.69, 9.17) is 23.2 Å². The summed E-state index contributed by atoms with van der Waals surface area (Å²) in [5.74, 6) is -0.297. The number of aryl methyl sites for hydroxylation is 1. The molecule has 2 N–H and O–H groups in total. The average molecular weight is 353 g/mol. The fraction of sp³-hybridized carbons (Fsp3) is 0.462. The van der Waals surface area contributed by atoms with Crippen molar-refractivity contribution in [2.45, 2.75) is 39.0 Å². The summed E-state index contributed by atoms with van der Waals surface area (Å²) in [7, 11) is -4.00. The van der Waals surface area contributed by atoms with E-state index in [2.05, 4.69) is 5.43 Å². The summed E-state index contributed by atoms with van der Waals surface area (Å²) in [6, 6.07) is 1.59. The molecule has 0 aliphatic carbocycles. The lowest BCUT2D eigenvalue weighted by molar-refractivity contribution is -0.122. The quantitative estimate of drug-likeness (QED) is 0.799. The maximum atomic E-state index is 12.3. The van der Waals surface area contributed by atoms with Crippen LogP contribution in [0.25, 0.3) is 0 Å². The van der Waals surface area contributed by atoms with Crippen LogP contribution in [-0.4, -0.2) is 14.3 Å². The van der Waals surface area contributed by atoms with Crippen LogP contribution in [0.4, 0.5) is 0 Å². The van der Waals surface area contributed by atoms with Gasteiger partial charge in [-0.25, -0.2) is 8.42 Å². The first-order chi connectivity index (χ1) is 9.56.